The number of nitrogens with one attached hydrogen (secondary N) is 2. The van der Waals surface area contributed by atoms with Crippen molar-refractivity contribution < 1.29 is 18.7 Å². The van der Waals surface area contributed by atoms with Gasteiger partial charge in [-0.2, -0.15) is 0 Å². The Kier molecular flexibility index (Phi) is 4.12. The smallest absolute Gasteiger partial charge is 0.255 e. The Bertz CT molecular complexity index is 901. The number of amides is 1. The fourth-order valence-electron chi connectivity index (χ4n) is 2.62. The standard InChI is InChI=1S/C18H17FN2O3/c1-3-21-13-9-15-12(8-14(13)22)16(18(23)20-2)17(24-15)10-4-6-11(19)7-5-10/h4-9,21-22H,3H2,1-2H3,(H,20,23). The molecule has 0 fully saturated rings. The first-order chi connectivity index (χ1) is 11.5. The summed E-state index contributed by atoms with van der Waals surface area (Å²) in [6.45, 7) is 2.54. The van der Waals surface area contributed by atoms with Crippen molar-refractivity contribution in [3.05, 3.63) is 47.8 Å². The van der Waals surface area contributed by atoms with Crippen LogP contribution in [0.4, 0.5) is 10.1 Å². The molecule has 0 atom stereocenters. The number of furan rings is 1. The van der Waals surface area contributed by atoms with Crippen LogP contribution in [-0.2, 0) is 0 Å². The Morgan fingerprint density at radius 2 is 1.96 bits per heavy atom. The van der Waals surface area contributed by atoms with Gasteiger partial charge < -0.3 is 20.2 Å². The number of hydrogen-bond acceptors (Lipinski definition) is 4. The minimum Gasteiger partial charge on any atom is -0.506 e. The van der Waals surface area contributed by atoms with Crippen LogP contribution in [0, 0.1) is 5.82 Å². The zero-order valence-corrected chi connectivity index (χ0v) is 13.3. The number of phenols is 1. The number of carbonyl (C=O) groups is 1. The summed E-state index contributed by atoms with van der Waals surface area (Å²) in [7, 11) is 1.52. The van der Waals surface area contributed by atoms with Gasteiger partial charge in [-0.3, -0.25) is 4.79 Å². The molecular formula is C18H17FN2O3. The molecule has 0 bridgehead atoms. The third-order valence-corrected chi connectivity index (χ3v) is 3.73. The number of anilines is 1. The lowest BCUT2D eigenvalue weighted by molar-refractivity contribution is 0.0964. The largest absolute Gasteiger partial charge is 0.506 e. The molecule has 0 aliphatic rings. The van der Waals surface area contributed by atoms with E-state index in [2.05, 4.69) is 10.6 Å². The second kappa shape index (κ2) is 6.23. The molecule has 124 valence electrons. The highest BCUT2D eigenvalue weighted by molar-refractivity contribution is 6.12. The maximum absolute atomic E-state index is 13.2. The fourth-order valence-corrected chi connectivity index (χ4v) is 2.62. The molecule has 3 rings (SSSR count). The van der Waals surface area contributed by atoms with E-state index >= 15 is 0 Å². The first kappa shape index (κ1) is 15.9. The third kappa shape index (κ3) is 2.67. The quantitative estimate of drug-likeness (QED) is 0.638. The number of fused-ring (bicyclic) bond motifs is 1. The van der Waals surface area contributed by atoms with Gasteiger partial charge in [-0.1, -0.05) is 0 Å². The van der Waals surface area contributed by atoms with Crippen molar-refractivity contribution in [2.24, 2.45) is 0 Å². The molecular weight excluding hydrogens is 311 g/mol. The van der Waals surface area contributed by atoms with E-state index in [9.17, 15) is 14.3 Å². The van der Waals surface area contributed by atoms with Crippen LogP contribution < -0.4 is 10.6 Å². The van der Waals surface area contributed by atoms with Crippen molar-refractivity contribution in [2.45, 2.75) is 6.92 Å². The fraction of sp³-hybridized carbons (Fsp3) is 0.167. The number of benzene rings is 2. The third-order valence-electron chi connectivity index (χ3n) is 3.73. The molecule has 0 unspecified atom stereocenters. The summed E-state index contributed by atoms with van der Waals surface area (Å²) in [6.07, 6.45) is 0. The normalized spacial score (nSPS) is 10.8. The van der Waals surface area contributed by atoms with Crippen LogP contribution in [0.15, 0.2) is 40.8 Å². The second-order valence-electron chi connectivity index (χ2n) is 5.29. The van der Waals surface area contributed by atoms with Crippen molar-refractivity contribution in [1.29, 1.82) is 0 Å². The van der Waals surface area contributed by atoms with Crippen LogP contribution in [0.5, 0.6) is 5.75 Å². The second-order valence-corrected chi connectivity index (χ2v) is 5.29. The van der Waals surface area contributed by atoms with E-state index in [0.717, 1.165) is 0 Å². The summed E-state index contributed by atoms with van der Waals surface area (Å²) >= 11 is 0. The summed E-state index contributed by atoms with van der Waals surface area (Å²) in [4.78, 5) is 12.3. The number of phenolic OH excluding ortho intramolecular Hbond substituents is 1. The molecule has 0 aliphatic heterocycles. The van der Waals surface area contributed by atoms with Gasteiger partial charge in [-0.15, -0.1) is 0 Å². The van der Waals surface area contributed by atoms with Gasteiger partial charge in [0.25, 0.3) is 5.91 Å². The van der Waals surface area contributed by atoms with Gasteiger partial charge in [0.05, 0.1) is 11.3 Å². The van der Waals surface area contributed by atoms with Crippen molar-refractivity contribution >= 4 is 22.6 Å². The van der Waals surface area contributed by atoms with Crippen molar-refractivity contribution in [1.82, 2.24) is 5.32 Å². The highest BCUT2D eigenvalue weighted by Gasteiger charge is 2.22. The molecule has 0 radical (unpaired) electrons. The predicted octanol–water partition coefficient (Wildman–Crippen LogP) is 3.74. The summed E-state index contributed by atoms with van der Waals surface area (Å²) in [5.41, 5.74) is 1.86. The number of rotatable bonds is 4. The van der Waals surface area contributed by atoms with Crippen molar-refractivity contribution in [3.8, 4) is 17.1 Å². The molecule has 1 aromatic heterocycles. The van der Waals surface area contributed by atoms with Gasteiger partial charge >= 0.3 is 0 Å². The molecule has 6 heteroatoms. The molecule has 0 saturated heterocycles. The van der Waals surface area contributed by atoms with Crippen LogP contribution in [0.25, 0.3) is 22.3 Å². The van der Waals surface area contributed by atoms with E-state index in [4.69, 9.17) is 4.42 Å². The number of aromatic hydroxyl groups is 1. The Morgan fingerprint density at radius 1 is 1.25 bits per heavy atom. The van der Waals surface area contributed by atoms with Crippen LogP contribution in [-0.4, -0.2) is 24.6 Å². The average molecular weight is 328 g/mol. The van der Waals surface area contributed by atoms with E-state index in [1.165, 1.54) is 25.2 Å². The minimum atomic E-state index is -0.372. The van der Waals surface area contributed by atoms with Gasteiger partial charge in [0.2, 0.25) is 0 Å². The molecule has 2 aromatic carbocycles. The topological polar surface area (TPSA) is 74.5 Å². The van der Waals surface area contributed by atoms with Gasteiger partial charge in [0.15, 0.2) is 0 Å². The van der Waals surface area contributed by atoms with E-state index in [1.54, 1.807) is 18.2 Å². The lowest BCUT2D eigenvalue weighted by Crippen LogP contribution is -2.18. The Labute approximate surface area is 138 Å². The van der Waals surface area contributed by atoms with E-state index in [-0.39, 0.29) is 17.5 Å². The van der Waals surface area contributed by atoms with Gasteiger partial charge in [-0.25, -0.2) is 4.39 Å². The summed E-state index contributed by atoms with van der Waals surface area (Å²) in [5, 5.41) is 16.2. The average Bonchev–Trinajstić information content (AvgIpc) is 2.93. The van der Waals surface area contributed by atoms with Gasteiger partial charge in [-0.05, 0) is 37.3 Å². The van der Waals surface area contributed by atoms with E-state index < -0.39 is 0 Å². The summed E-state index contributed by atoms with van der Waals surface area (Å²) in [5.74, 6) is -0.356. The SMILES string of the molecule is CCNc1cc2oc(-c3ccc(F)cc3)c(C(=O)NC)c2cc1O. The predicted molar refractivity (Wildman–Crippen MR) is 90.8 cm³/mol. The van der Waals surface area contributed by atoms with Crippen LogP contribution in [0.3, 0.4) is 0 Å². The molecule has 5 nitrogen and oxygen atoms in total. The first-order valence-corrected chi connectivity index (χ1v) is 7.56. The maximum atomic E-state index is 13.2. The molecule has 0 saturated carbocycles. The highest BCUT2D eigenvalue weighted by Crippen LogP contribution is 2.38. The van der Waals surface area contributed by atoms with Crippen LogP contribution >= 0.6 is 0 Å². The van der Waals surface area contributed by atoms with E-state index in [0.29, 0.717) is 40.1 Å². The Morgan fingerprint density at radius 3 is 2.58 bits per heavy atom. The lowest BCUT2D eigenvalue weighted by Gasteiger charge is -2.06. The van der Waals surface area contributed by atoms with Crippen LogP contribution in [0.1, 0.15) is 17.3 Å². The van der Waals surface area contributed by atoms with E-state index in [1.807, 2.05) is 6.92 Å². The molecule has 0 aliphatic carbocycles. The summed E-state index contributed by atoms with van der Waals surface area (Å²) < 4.78 is 19.0. The zero-order chi connectivity index (χ0) is 17.3. The molecule has 24 heavy (non-hydrogen) atoms. The maximum Gasteiger partial charge on any atom is 0.255 e. The molecule has 1 amide bonds. The monoisotopic (exact) mass is 328 g/mol. The molecule has 1 heterocycles. The van der Waals surface area contributed by atoms with Crippen molar-refractivity contribution in [3.63, 3.8) is 0 Å². The molecule has 3 N–H and O–H groups in total. The van der Waals surface area contributed by atoms with Crippen molar-refractivity contribution in [2.75, 3.05) is 18.9 Å². The number of hydrogen-bond donors (Lipinski definition) is 3. The number of halogens is 1. The molecule has 0 spiro atoms. The minimum absolute atomic E-state index is 0.0287. The highest BCUT2D eigenvalue weighted by atomic mass is 19.1. The zero-order valence-electron chi connectivity index (χ0n) is 13.3. The lowest BCUT2D eigenvalue weighted by atomic mass is 10.0. The Hall–Kier alpha value is -3.02. The first-order valence-electron chi connectivity index (χ1n) is 7.56. The van der Waals surface area contributed by atoms with Gasteiger partial charge in [0, 0.05) is 30.6 Å². The number of carbonyl (C=O) groups excluding carboxylic acids is 1. The van der Waals surface area contributed by atoms with Crippen LogP contribution in [0.2, 0.25) is 0 Å². The Balaban J connectivity index is 2.27. The van der Waals surface area contributed by atoms with Gasteiger partial charge in [0.1, 0.15) is 22.9 Å². The molecule has 3 aromatic rings. The summed E-state index contributed by atoms with van der Waals surface area (Å²) in [6, 6.07) is 8.84.